The second-order valence-electron chi connectivity index (χ2n) is 7.07. The van der Waals surface area contributed by atoms with E-state index in [1.807, 2.05) is 0 Å². The number of alkyl halides is 3. The molecule has 0 saturated carbocycles. The number of hydrogen-bond acceptors (Lipinski definition) is 4. The summed E-state index contributed by atoms with van der Waals surface area (Å²) in [5.41, 5.74) is -0.492. The fraction of sp³-hybridized carbons (Fsp3) is 0.350. The van der Waals surface area contributed by atoms with Gasteiger partial charge in [-0.15, -0.1) is 0 Å². The third-order valence-corrected chi connectivity index (χ3v) is 4.97. The smallest absolute Gasteiger partial charge is 0.416 e. The lowest BCUT2D eigenvalue weighted by molar-refractivity contribution is -0.184. The van der Waals surface area contributed by atoms with Gasteiger partial charge < -0.3 is 19.5 Å². The van der Waals surface area contributed by atoms with Crippen LogP contribution in [0.5, 0.6) is 5.75 Å². The van der Waals surface area contributed by atoms with Crippen molar-refractivity contribution in [3.05, 3.63) is 65.2 Å². The molecule has 8 heteroatoms. The van der Waals surface area contributed by atoms with E-state index in [2.05, 4.69) is 0 Å². The van der Waals surface area contributed by atoms with E-state index in [9.17, 15) is 23.1 Å². The van der Waals surface area contributed by atoms with E-state index in [4.69, 9.17) is 9.47 Å². The molecule has 1 N–H and O–H groups in total. The molecule has 2 saturated heterocycles. The summed E-state index contributed by atoms with van der Waals surface area (Å²) in [7, 11) is 0. The number of carbonyl (C=O) groups excluding carboxylic acids is 1. The van der Waals surface area contributed by atoms with Crippen molar-refractivity contribution in [2.24, 2.45) is 0 Å². The molecule has 2 aromatic rings. The molecule has 148 valence electrons. The number of carbonyl (C=O) groups is 1. The quantitative estimate of drug-likeness (QED) is 0.868. The van der Waals surface area contributed by atoms with Gasteiger partial charge in [-0.25, -0.2) is 0 Å². The van der Waals surface area contributed by atoms with Gasteiger partial charge in [0.25, 0.3) is 5.91 Å². The van der Waals surface area contributed by atoms with Gasteiger partial charge in [0.05, 0.1) is 31.9 Å². The summed E-state index contributed by atoms with van der Waals surface area (Å²) in [4.78, 5) is 14.1. The van der Waals surface area contributed by atoms with E-state index in [-0.39, 0.29) is 25.2 Å². The number of ether oxygens (including phenoxy) is 2. The maximum absolute atomic E-state index is 12.6. The highest BCUT2D eigenvalue weighted by atomic mass is 19.4. The molecule has 28 heavy (non-hydrogen) atoms. The molecule has 2 fully saturated rings. The molecule has 0 atom stereocenters. The summed E-state index contributed by atoms with van der Waals surface area (Å²) in [6.45, 7) is 1.21. The Morgan fingerprint density at radius 1 is 1.07 bits per heavy atom. The third kappa shape index (κ3) is 3.57. The van der Waals surface area contributed by atoms with Gasteiger partial charge in [-0.05, 0) is 42.0 Å². The summed E-state index contributed by atoms with van der Waals surface area (Å²) in [6, 6.07) is 11.3. The summed E-state index contributed by atoms with van der Waals surface area (Å²) >= 11 is 0. The minimum absolute atomic E-state index is 0.157. The molecule has 2 aliphatic heterocycles. The highest BCUT2D eigenvalue weighted by Crippen LogP contribution is 2.31. The molecule has 0 radical (unpaired) electrons. The number of benzene rings is 2. The zero-order valence-electron chi connectivity index (χ0n) is 14.8. The SMILES string of the molecule is O=C(c1ccc(C2(O)COC2)cc1)N1CC(Oc2ccc(C(F)(F)F)cc2)C1. The fourth-order valence-corrected chi connectivity index (χ4v) is 3.16. The predicted molar refractivity (Wildman–Crippen MR) is 92.9 cm³/mol. The third-order valence-electron chi connectivity index (χ3n) is 4.97. The second-order valence-corrected chi connectivity index (χ2v) is 7.07. The Kier molecular flexibility index (Phi) is 4.55. The predicted octanol–water partition coefficient (Wildman–Crippen LogP) is 2.83. The van der Waals surface area contributed by atoms with Gasteiger partial charge in [0.15, 0.2) is 0 Å². The Balaban J connectivity index is 1.30. The first kappa shape index (κ1) is 18.8. The lowest BCUT2D eigenvalue weighted by Gasteiger charge is -2.39. The van der Waals surface area contributed by atoms with E-state index in [0.717, 1.165) is 12.1 Å². The summed E-state index contributed by atoms with van der Waals surface area (Å²) < 4.78 is 48.3. The van der Waals surface area contributed by atoms with Crippen molar-refractivity contribution >= 4 is 5.91 Å². The zero-order valence-corrected chi connectivity index (χ0v) is 14.8. The topological polar surface area (TPSA) is 59.0 Å². The maximum Gasteiger partial charge on any atom is 0.416 e. The van der Waals surface area contributed by atoms with Crippen LogP contribution in [0.15, 0.2) is 48.5 Å². The standard InChI is InChI=1S/C20H18F3NO4/c21-20(22,23)15-5-7-16(8-6-15)28-17-9-24(10-17)18(25)13-1-3-14(4-2-13)19(26)11-27-12-19/h1-8,17,26H,9-12H2. The van der Waals surface area contributed by atoms with Crippen LogP contribution in [0.25, 0.3) is 0 Å². The number of rotatable bonds is 4. The average molecular weight is 393 g/mol. The van der Waals surface area contributed by atoms with Crippen molar-refractivity contribution in [1.82, 2.24) is 4.90 Å². The number of amides is 1. The average Bonchev–Trinajstić information content (AvgIpc) is 2.61. The lowest BCUT2D eigenvalue weighted by atomic mass is 9.91. The van der Waals surface area contributed by atoms with E-state index in [1.54, 1.807) is 29.2 Å². The zero-order chi connectivity index (χ0) is 19.9. The molecule has 2 aliphatic rings. The van der Waals surface area contributed by atoms with Crippen molar-refractivity contribution < 1.29 is 32.5 Å². The highest BCUT2D eigenvalue weighted by Gasteiger charge is 2.38. The van der Waals surface area contributed by atoms with Crippen LogP contribution in [0.1, 0.15) is 21.5 Å². The van der Waals surface area contributed by atoms with Crippen molar-refractivity contribution in [3.63, 3.8) is 0 Å². The number of nitrogens with zero attached hydrogens (tertiary/aromatic N) is 1. The number of aliphatic hydroxyl groups is 1. The van der Waals surface area contributed by atoms with E-state index in [0.29, 0.717) is 30.0 Å². The van der Waals surface area contributed by atoms with Crippen molar-refractivity contribution in [1.29, 1.82) is 0 Å². The summed E-state index contributed by atoms with van der Waals surface area (Å²) in [5.74, 6) is 0.182. The van der Waals surface area contributed by atoms with Gasteiger partial charge in [0.2, 0.25) is 0 Å². The van der Waals surface area contributed by atoms with E-state index in [1.165, 1.54) is 12.1 Å². The molecular formula is C20H18F3NO4. The molecular weight excluding hydrogens is 375 g/mol. The van der Waals surface area contributed by atoms with Crippen molar-refractivity contribution in [2.75, 3.05) is 26.3 Å². The first-order valence-electron chi connectivity index (χ1n) is 8.78. The lowest BCUT2D eigenvalue weighted by Crippen LogP contribution is -2.56. The monoisotopic (exact) mass is 393 g/mol. The van der Waals surface area contributed by atoms with Crippen LogP contribution in [0.3, 0.4) is 0 Å². The Bertz CT molecular complexity index is 855. The van der Waals surface area contributed by atoms with Crippen molar-refractivity contribution in [2.45, 2.75) is 17.9 Å². The number of hydrogen-bond donors (Lipinski definition) is 1. The molecule has 0 unspecified atom stereocenters. The second kappa shape index (κ2) is 6.79. The minimum Gasteiger partial charge on any atom is -0.487 e. The Morgan fingerprint density at radius 3 is 2.18 bits per heavy atom. The Morgan fingerprint density at radius 2 is 1.68 bits per heavy atom. The van der Waals surface area contributed by atoms with E-state index < -0.39 is 17.3 Å². The number of likely N-dealkylation sites (tertiary alicyclic amines) is 1. The fourth-order valence-electron chi connectivity index (χ4n) is 3.16. The molecule has 2 aromatic carbocycles. The van der Waals surface area contributed by atoms with Gasteiger partial charge in [-0.2, -0.15) is 13.2 Å². The van der Waals surface area contributed by atoms with Gasteiger partial charge in [0, 0.05) is 5.56 Å². The number of halogens is 3. The van der Waals surface area contributed by atoms with Crippen LogP contribution in [-0.4, -0.2) is 48.3 Å². The van der Waals surface area contributed by atoms with Gasteiger partial charge in [0.1, 0.15) is 17.5 Å². The van der Waals surface area contributed by atoms with Crippen LogP contribution in [0, 0.1) is 0 Å². The van der Waals surface area contributed by atoms with Gasteiger partial charge in [-0.1, -0.05) is 12.1 Å². The van der Waals surface area contributed by atoms with Crippen LogP contribution in [-0.2, 0) is 16.5 Å². The molecule has 0 spiro atoms. The molecule has 0 bridgehead atoms. The Hall–Kier alpha value is -2.58. The minimum atomic E-state index is -4.38. The molecule has 0 aromatic heterocycles. The maximum atomic E-state index is 12.6. The van der Waals surface area contributed by atoms with Gasteiger partial charge in [-0.3, -0.25) is 4.79 Å². The first-order chi connectivity index (χ1) is 13.2. The highest BCUT2D eigenvalue weighted by molar-refractivity contribution is 5.94. The summed E-state index contributed by atoms with van der Waals surface area (Å²) in [5, 5.41) is 10.2. The summed E-state index contributed by atoms with van der Waals surface area (Å²) in [6.07, 6.45) is -4.64. The van der Waals surface area contributed by atoms with Crippen molar-refractivity contribution in [3.8, 4) is 5.75 Å². The molecule has 1 amide bonds. The molecule has 5 nitrogen and oxygen atoms in total. The van der Waals surface area contributed by atoms with Crippen LogP contribution in [0.2, 0.25) is 0 Å². The largest absolute Gasteiger partial charge is 0.487 e. The first-order valence-corrected chi connectivity index (χ1v) is 8.78. The van der Waals surface area contributed by atoms with Crippen LogP contribution >= 0.6 is 0 Å². The van der Waals surface area contributed by atoms with Crippen LogP contribution < -0.4 is 4.74 Å². The van der Waals surface area contributed by atoms with Crippen LogP contribution in [0.4, 0.5) is 13.2 Å². The van der Waals surface area contributed by atoms with E-state index >= 15 is 0 Å². The normalized spacial score (nSPS) is 18.9. The Labute approximate surface area is 159 Å². The molecule has 0 aliphatic carbocycles. The van der Waals surface area contributed by atoms with Gasteiger partial charge >= 0.3 is 6.18 Å². The molecule has 2 heterocycles. The molecule has 4 rings (SSSR count).